The van der Waals surface area contributed by atoms with Crippen LogP contribution in [0.15, 0.2) is 48.6 Å². The topological polar surface area (TPSA) is 111 Å². The monoisotopic (exact) mass is 1400 g/mol. The first kappa shape index (κ1) is 96.0. The molecule has 0 aliphatic heterocycles. The average molecular weight is 1400 g/mol. The van der Waals surface area contributed by atoms with Crippen molar-refractivity contribution in [3.8, 4) is 0 Å². The summed E-state index contributed by atoms with van der Waals surface area (Å²) in [6, 6.07) is 0. The van der Waals surface area contributed by atoms with E-state index in [2.05, 4.69) is 62.5 Å². The number of ether oxygens (including phenoxy) is 2. The fourth-order valence-electron chi connectivity index (χ4n) is 13.2. The molecule has 9 nitrogen and oxygen atoms in total. The Bertz CT molecular complexity index is 1790. The van der Waals surface area contributed by atoms with E-state index in [4.69, 9.17) is 18.5 Å². The minimum absolute atomic E-state index is 0.0280. The number of nitrogens with zero attached hydrogens (tertiary/aromatic N) is 1. The van der Waals surface area contributed by atoms with Gasteiger partial charge in [0.1, 0.15) is 19.8 Å². The number of quaternary nitrogens is 1. The van der Waals surface area contributed by atoms with Gasteiger partial charge in [-0.2, -0.15) is 0 Å². The van der Waals surface area contributed by atoms with E-state index in [0.717, 1.165) is 44.9 Å². The number of esters is 2. The Kier molecular flexibility index (Phi) is 77.5. The molecule has 0 radical (unpaired) electrons. The Morgan fingerprint density at radius 3 is 0.827 bits per heavy atom. The summed E-state index contributed by atoms with van der Waals surface area (Å²) >= 11 is 0. The van der Waals surface area contributed by atoms with Crippen molar-refractivity contribution in [1.82, 2.24) is 0 Å². The Labute approximate surface area is 611 Å². The summed E-state index contributed by atoms with van der Waals surface area (Å²) in [5.41, 5.74) is 0. The third kappa shape index (κ3) is 82.9. The lowest BCUT2D eigenvalue weighted by molar-refractivity contribution is -0.870. The lowest BCUT2D eigenvalue weighted by Gasteiger charge is -2.28. The zero-order valence-electron chi connectivity index (χ0n) is 66.3. The molecule has 0 amide bonds. The van der Waals surface area contributed by atoms with Crippen LogP contribution in [0.25, 0.3) is 0 Å². The minimum atomic E-state index is -4.65. The highest BCUT2D eigenvalue weighted by Gasteiger charge is 2.22. The van der Waals surface area contributed by atoms with Crippen molar-refractivity contribution in [2.75, 3.05) is 47.5 Å². The number of rotatable bonds is 82. The summed E-state index contributed by atoms with van der Waals surface area (Å²) in [5.74, 6) is -0.808. The third-order valence-corrected chi connectivity index (χ3v) is 20.8. The van der Waals surface area contributed by atoms with Crippen molar-refractivity contribution in [3.05, 3.63) is 48.6 Å². The number of hydrogen-bond acceptors (Lipinski definition) is 8. The van der Waals surface area contributed by atoms with Gasteiger partial charge in [-0.25, -0.2) is 0 Å². The Morgan fingerprint density at radius 1 is 0.316 bits per heavy atom. The molecule has 0 N–H and O–H groups in total. The van der Waals surface area contributed by atoms with E-state index in [1.165, 1.54) is 372 Å². The zero-order chi connectivity index (χ0) is 71.1. The van der Waals surface area contributed by atoms with Gasteiger partial charge in [0, 0.05) is 12.8 Å². The Hall–Kier alpha value is -2.03. The maximum Gasteiger partial charge on any atom is 0.306 e. The highest BCUT2D eigenvalue weighted by molar-refractivity contribution is 7.45. The molecule has 0 saturated carbocycles. The second-order valence-electron chi connectivity index (χ2n) is 30.9. The molecule has 0 bridgehead atoms. The molecule has 0 saturated heterocycles. The molecule has 0 aliphatic carbocycles. The molecule has 2 unspecified atom stereocenters. The molecule has 2 atom stereocenters. The van der Waals surface area contributed by atoms with Crippen molar-refractivity contribution in [1.29, 1.82) is 0 Å². The maximum absolute atomic E-state index is 12.9. The van der Waals surface area contributed by atoms with E-state index >= 15 is 0 Å². The van der Waals surface area contributed by atoms with Crippen molar-refractivity contribution in [3.63, 3.8) is 0 Å². The van der Waals surface area contributed by atoms with E-state index in [1.54, 1.807) is 0 Å². The summed E-state index contributed by atoms with van der Waals surface area (Å²) < 4.78 is 34.5. The van der Waals surface area contributed by atoms with Gasteiger partial charge in [0.15, 0.2) is 6.10 Å². The van der Waals surface area contributed by atoms with Gasteiger partial charge in [-0.3, -0.25) is 14.2 Å². The minimum Gasteiger partial charge on any atom is -0.756 e. The molecule has 0 aromatic heterocycles. The van der Waals surface area contributed by atoms with Crippen LogP contribution in [0.2, 0.25) is 0 Å². The average Bonchev–Trinajstić information content (AvgIpc) is 1.08. The zero-order valence-corrected chi connectivity index (χ0v) is 67.2. The number of hydrogen-bond donors (Lipinski definition) is 0. The van der Waals surface area contributed by atoms with Crippen LogP contribution in [0.1, 0.15) is 450 Å². The van der Waals surface area contributed by atoms with Crippen LogP contribution < -0.4 is 4.89 Å². The highest BCUT2D eigenvalue weighted by Crippen LogP contribution is 2.38. The van der Waals surface area contributed by atoms with Crippen LogP contribution in [0.4, 0.5) is 0 Å². The van der Waals surface area contributed by atoms with Gasteiger partial charge in [-0.15, -0.1) is 0 Å². The van der Waals surface area contributed by atoms with Crippen LogP contribution in [0.3, 0.4) is 0 Å². The number of carbonyl (C=O) groups excluding carboxylic acids is 2. The number of phosphoric acid groups is 1. The third-order valence-electron chi connectivity index (χ3n) is 19.8. The predicted molar refractivity (Wildman–Crippen MR) is 425 cm³/mol. The number of unbranched alkanes of at least 4 members (excludes halogenated alkanes) is 60. The largest absolute Gasteiger partial charge is 0.756 e. The van der Waals surface area contributed by atoms with Gasteiger partial charge >= 0.3 is 11.9 Å². The van der Waals surface area contributed by atoms with E-state index in [1.807, 2.05) is 21.1 Å². The molecule has 0 heterocycles. The van der Waals surface area contributed by atoms with Crippen molar-refractivity contribution in [2.24, 2.45) is 0 Å². The van der Waals surface area contributed by atoms with Gasteiger partial charge in [0.05, 0.1) is 27.7 Å². The summed E-state index contributed by atoms with van der Waals surface area (Å²) in [5, 5.41) is 0. The molecule has 0 rings (SSSR count). The fraction of sp³-hybridized carbons (Fsp3) is 0.886. The van der Waals surface area contributed by atoms with Crippen LogP contribution >= 0.6 is 7.82 Å². The molecular formula is C88H168NO8P. The first-order chi connectivity index (χ1) is 48.0. The standard InChI is InChI=1S/C88H168NO8P/c1-6-8-10-12-14-16-18-20-22-24-26-28-30-32-34-36-38-40-41-42-43-44-45-46-47-49-50-52-54-56-58-60-62-64-66-68-70-72-74-76-78-80-87(90)94-84-86(85-96-98(92,93)95-83-82-89(3,4)5)97-88(91)81-79-77-75-73-71-69-67-65-63-61-59-57-55-53-51-48-39-37-35-33-31-29-27-25-23-21-19-17-15-13-11-9-7-2/h19,21,24-27,31,33,86H,6-18,20,22-23,28-30,32,34-85H2,1-5H3/b21-19-,26-24-,27-25-,33-31-. The number of phosphoric ester groups is 1. The predicted octanol–water partition coefficient (Wildman–Crippen LogP) is 28.4. The first-order valence-corrected chi connectivity index (χ1v) is 44.8. The van der Waals surface area contributed by atoms with E-state index in [9.17, 15) is 19.0 Å². The van der Waals surface area contributed by atoms with Crippen LogP contribution in [-0.4, -0.2) is 70.0 Å². The number of allylic oxidation sites excluding steroid dienone is 8. The molecule has 10 heteroatoms. The summed E-state index contributed by atoms with van der Waals surface area (Å²) in [4.78, 5) is 38.2. The van der Waals surface area contributed by atoms with Gasteiger partial charge in [-0.1, -0.05) is 409 Å². The molecule has 0 fully saturated rings. The van der Waals surface area contributed by atoms with E-state index in [-0.39, 0.29) is 32.0 Å². The smallest absolute Gasteiger partial charge is 0.306 e. The van der Waals surface area contributed by atoms with Crippen LogP contribution in [0, 0.1) is 0 Å². The maximum atomic E-state index is 12.9. The quantitative estimate of drug-likeness (QED) is 0.0195. The van der Waals surface area contributed by atoms with Gasteiger partial charge in [0.25, 0.3) is 7.82 Å². The summed E-state index contributed by atoms with van der Waals surface area (Å²) in [6.07, 6.45) is 106. The molecule has 0 aromatic carbocycles. The normalized spacial score (nSPS) is 13.2. The summed E-state index contributed by atoms with van der Waals surface area (Å²) in [7, 11) is 1.19. The molecule has 578 valence electrons. The lowest BCUT2D eigenvalue weighted by Crippen LogP contribution is -2.37. The van der Waals surface area contributed by atoms with Gasteiger partial charge < -0.3 is 27.9 Å². The van der Waals surface area contributed by atoms with E-state index < -0.39 is 26.5 Å². The van der Waals surface area contributed by atoms with Crippen LogP contribution in [0.5, 0.6) is 0 Å². The molecule has 98 heavy (non-hydrogen) atoms. The van der Waals surface area contributed by atoms with E-state index in [0.29, 0.717) is 17.4 Å². The number of likely N-dealkylation sites (N-methyl/N-ethyl adjacent to an activating group) is 1. The van der Waals surface area contributed by atoms with Crippen molar-refractivity contribution < 1.29 is 42.1 Å². The van der Waals surface area contributed by atoms with Crippen LogP contribution in [-0.2, 0) is 32.7 Å². The van der Waals surface area contributed by atoms with Crippen molar-refractivity contribution in [2.45, 2.75) is 457 Å². The van der Waals surface area contributed by atoms with Gasteiger partial charge in [0.2, 0.25) is 0 Å². The summed E-state index contributed by atoms with van der Waals surface area (Å²) in [6.45, 7) is 4.31. The Morgan fingerprint density at radius 2 is 0.551 bits per heavy atom. The SMILES string of the molecule is CCCCCCC/C=C\C/C=C\C/C=C\CCCCCCCCCCCCCCCCCCCCC(=O)OC(COC(=O)CCCCCCCCCCCCCCCCCCCCCCCCCCCCCCC/C=C\CCCCCCCCCC)COP(=O)([O-])OCC[N+](C)(C)C. The molecule has 0 spiro atoms. The lowest BCUT2D eigenvalue weighted by atomic mass is 10.0. The first-order valence-electron chi connectivity index (χ1n) is 43.3. The van der Waals surface area contributed by atoms with Gasteiger partial charge in [-0.05, 0) is 77.0 Å². The Balaban J connectivity index is 3.86. The second-order valence-corrected chi connectivity index (χ2v) is 32.3. The number of carbonyl (C=O) groups is 2. The highest BCUT2D eigenvalue weighted by atomic mass is 31.2. The second kappa shape index (κ2) is 79.1. The molecule has 0 aliphatic rings. The fourth-order valence-corrected chi connectivity index (χ4v) is 13.9. The molecular weight excluding hydrogens is 1230 g/mol. The molecule has 0 aromatic rings. The van der Waals surface area contributed by atoms with Crippen molar-refractivity contribution >= 4 is 19.8 Å².